The highest BCUT2D eigenvalue weighted by molar-refractivity contribution is 9.10. The Bertz CT molecular complexity index is 515. The smallest absolute Gasteiger partial charge is 0.259 e. The lowest BCUT2D eigenvalue weighted by atomic mass is 10.2. The Kier molecular flexibility index (Phi) is 3.25. The maximum atomic E-state index is 13.3. The van der Waals surface area contributed by atoms with Gasteiger partial charge in [0.05, 0.1) is 15.4 Å². The Labute approximate surface area is 105 Å². The van der Waals surface area contributed by atoms with Crippen LogP contribution in [0.2, 0.25) is 0 Å². The number of benzene rings is 1. The standard InChI is InChI=1S/C10H7BrClFN2O/c1-5(12)9-14-10(16-15-9)6-3-2-4-7(13)8(6)11/h2-5H,1H3. The van der Waals surface area contributed by atoms with Gasteiger partial charge in [-0.1, -0.05) is 11.2 Å². The van der Waals surface area contributed by atoms with Crippen molar-refractivity contribution in [2.24, 2.45) is 0 Å². The number of hydrogen-bond acceptors (Lipinski definition) is 3. The zero-order chi connectivity index (χ0) is 11.7. The van der Waals surface area contributed by atoms with Gasteiger partial charge < -0.3 is 4.52 Å². The molecule has 2 rings (SSSR count). The Morgan fingerprint density at radius 3 is 2.88 bits per heavy atom. The lowest BCUT2D eigenvalue weighted by molar-refractivity contribution is 0.422. The third-order valence-corrected chi connectivity index (χ3v) is 2.98. The minimum atomic E-state index is -0.379. The molecule has 1 heterocycles. The van der Waals surface area contributed by atoms with E-state index < -0.39 is 0 Å². The van der Waals surface area contributed by atoms with Crippen LogP contribution in [0.1, 0.15) is 18.1 Å². The van der Waals surface area contributed by atoms with Crippen molar-refractivity contribution in [1.29, 1.82) is 0 Å². The second kappa shape index (κ2) is 4.51. The molecular formula is C10H7BrClFN2O. The molecule has 0 radical (unpaired) electrons. The van der Waals surface area contributed by atoms with Crippen LogP contribution < -0.4 is 0 Å². The lowest BCUT2D eigenvalue weighted by Gasteiger charge is -1.98. The van der Waals surface area contributed by atoms with Crippen LogP contribution in [0.5, 0.6) is 0 Å². The molecule has 0 bridgehead atoms. The fourth-order valence-electron chi connectivity index (χ4n) is 1.17. The zero-order valence-electron chi connectivity index (χ0n) is 8.25. The number of rotatable bonds is 2. The number of aromatic nitrogens is 2. The molecule has 16 heavy (non-hydrogen) atoms. The maximum Gasteiger partial charge on any atom is 0.259 e. The summed E-state index contributed by atoms with van der Waals surface area (Å²) in [6.07, 6.45) is 0. The second-order valence-corrected chi connectivity index (χ2v) is 4.62. The van der Waals surface area contributed by atoms with Crippen molar-refractivity contribution in [2.45, 2.75) is 12.3 Å². The number of nitrogens with zero attached hydrogens (tertiary/aromatic N) is 2. The summed E-state index contributed by atoms with van der Waals surface area (Å²) in [5, 5.41) is 3.36. The molecule has 0 amide bonds. The number of hydrogen-bond donors (Lipinski definition) is 0. The van der Waals surface area contributed by atoms with E-state index in [4.69, 9.17) is 16.1 Å². The van der Waals surface area contributed by atoms with Crippen LogP contribution in [-0.2, 0) is 0 Å². The van der Waals surface area contributed by atoms with Crippen LogP contribution in [0.4, 0.5) is 4.39 Å². The quantitative estimate of drug-likeness (QED) is 0.789. The molecule has 0 saturated carbocycles. The van der Waals surface area contributed by atoms with Gasteiger partial charge in [0, 0.05) is 0 Å². The molecular weight excluding hydrogens is 298 g/mol. The van der Waals surface area contributed by atoms with E-state index in [1.807, 2.05) is 0 Å². The molecule has 0 aliphatic carbocycles. The van der Waals surface area contributed by atoms with Gasteiger partial charge in [-0.3, -0.25) is 0 Å². The van der Waals surface area contributed by atoms with Crippen molar-refractivity contribution < 1.29 is 8.91 Å². The van der Waals surface area contributed by atoms with Gasteiger partial charge in [0.25, 0.3) is 5.89 Å². The van der Waals surface area contributed by atoms with Crippen molar-refractivity contribution in [2.75, 3.05) is 0 Å². The molecule has 0 fully saturated rings. The topological polar surface area (TPSA) is 38.9 Å². The molecule has 1 unspecified atom stereocenters. The van der Waals surface area contributed by atoms with Gasteiger partial charge in [-0.05, 0) is 35.0 Å². The average Bonchev–Trinajstić information content (AvgIpc) is 2.71. The highest BCUT2D eigenvalue weighted by Crippen LogP contribution is 2.30. The van der Waals surface area contributed by atoms with Crippen molar-refractivity contribution in [3.05, 3.63) is 34.3 Å². The first-order valence-electron chi connectivity index (χ1n) is 4.51. The molecule has 0 aliphatic rings. The SMILES string of the molecule is CC(Cl)c1noc(-c2cccc(F)c2Br)n1. The second-order valence-electron chi connectivity index (χ2n) is 3.18. The van der Waals surface area contributed by atoms with Gasteiger partial charge in [-0.25, -0.2) is 4.39 Å². The van der Waals surface area contributed by atoms with Crippen LogP contribution in [0.25, 0.3) is 11.5 Å². The largest absolute Gasteiger partial charge is 0.334 e. The summed E-state index contributed by atoms with van der Waals surface area (Å²) in [7, 11) is 0. The van der Waals surface area contributed by atoms with E-state index >= 15 is 0 Å². The molecule has 3 nitrogen and oxygen atoms in total. The molecule has 1 aromatic heterocycles. The third-order valence-electron chi connectivity index (χ3n) is 1.98. The van der Waals surface area contributed by atoms with E-state index in [1.165, 1.54) is 6.07 Å². The molecule has 0 N–H and O–H groups in total. The predicted molar refractivity (Wildman–Crippen MR) is 61.7 cm³/mol. The molecule has 0 spiro atoms. The molecule has 1 atom stereocenters. The third kappa shape index (κ3) is 2.10. The van der Waals surface area contributed by atoms with Gasteiger partial charge in [0.1, 0.15) is 5.82 Å². The van der Waals surface area contributed by atoms with Crippen molar-refractivity contribution in [3.8, 4) is 11.5 Å². The van der Waals surface area contributed by atoms with Crippen LogP contribution in [0.15, 0.2) is 27.2 Å². The Morgan fingerprint density at radius 1 is 1.50 bits per heavy atom. The molecule has 0 aliphatic heterocycles. The maximum absolute atomic E-state index is 13.3. The van der Waals surface area contributed by atoms with Crippen LogP contribution in [0, 0.1) is 5.82 Å². The van der Waals surface area contributed by atoms with E-state index in [9.17, 15) is 4.39 Å². The Balaban J connectivity index is 2.47. The van der Waals surface area contributed by atoms with Gasteiger partial charge in [0.15, 0.2) is 5.82 Å². The van der Waals surface area contributed by atoms with E-state index in [1.54, 1.807) is 19.1 Å². The van der Waals surface area contributed by atoms with E-state index in [2.05, 4.69) is 26.1 Å². The average molecular weight is 306 g/mol. The van der Waals surface area contributed by atoms with Crippen molar-refractivity contribution in [1.82, 2.24) is 10.1 Å². The molecule has 6 heteroatoms. The molecule has 1 aromatic carbocycles. The predicted octanol–water partition coefficient (Wildman–Crippen LogP) is 3.94. The van der Waals surface area contributed by atoms with E-state index in [0.29, 0.717) is 15.9 Å². The first-order valence-corrected chi connectivity index (χ1v) is 5.74. The summed E-state index contributed by atoms with van der Waals surface area (Å²) in [6.45, 7) is 1.73. The summed E-state index contributed by atoms with van der Waals surface area (Å²) < 4.78 is 18.6. The van der Waals surface area contributed by atoms with Crippen LogP contribution >= 0.6 is 27.5 Å². The van der Waals surface area contributed by atoms with Gasteiger partial charge >= 0.3 is 0 Å². The molecule has 84 valence electrons. The Morgan fingerprint density at radius 2 is 2.25 bits per heavy atom. The van der Waals surface area contributed by atoms with E-state index in [-0.39, 0.29) is 17.1 Å². The van der Waals surface area contributed by atoms with Crippen LogP contribution in [0.3, 0.4) is 0 Å². The highest BCUT2D eigenvalue weighted by atomic mass is 79.9. The summed E-state index contributed by atoms with van der Waals surface area (Å²) in [4.78, 5) is 4.08. The van der Waals surface area contributed by atoms with E-state index in [0.717, 1.165) is 0 Å². The minimum absolute atomic E-state index is 0.244. The van der Waals surface area contributed by atoms with Crippen LogP contribution in [-0.4, -0.2) is 10.1 Å². The summed E-state index contributed by atoms with van der Waals surface area (Å²) in [5.74, 6) is 0.248. The summed E-state index contributed by atoms with van der Waals surface area (Å²) >= 11 is 8.93. The Hall–Kier alpha value is -0.940. The van der Waals surface area contributed by atoms with Gasteiger partial charge in [0.2, 0.25) is 0 Å². The first-order chi connectivity index (χ1) is 7.59. The highest BCUT2D eigenvalue weighted by Gasteiger charge is 2.16. The summed E-state index contributed by atoms with van der Waals surface area (Å²) in [5.41, 5.74) is 0.510. The monoisotopic (exact) mass is 304 g/mol. The summed E-state index contributed by atoms with van der Waals surface area (Å²) in [6, 6.07) is 4.60. The zero-order valence-corrected chi connectivity index (χ0v) is 10.6. The molecule has 2 aromatic rings. The molecule has 0 saturated heterocycles. The van der Waals surface area contributed by atoms with Gasteiger partial charge in [-0.15, -0.1) is 11.6 Å². The minimum Gasteiger partial charge on any atom is -0.334 e. The fraction of sp³-hybridized carbons (Fsp3) is 0.200. The fourth-order valence-corrected chi connectivity index (χ4v) is 1.70. The van der Waals surface area contributed by atoms with Gasteiger partial charge in [-0.2, -0.15) is 4.98 Å². The number of halogens is 3. The van der Waals surface area contributed by atoms with Crippen molar-refractivity contribution >= 4 is 27.5 Å². The number of alkyl halides is 1. The lowest BCUT2D eigenvalue weighted by Crippen LogP contribution is -1.88. The van der Waals surface area contributed by atoms with Crippen molar-refractivity contribution in [3.63, 3.8) is 0 Å². The first kappa shape index (κ1) is 11.5. The normalized spacial score (nSPS) is 12.8.